The summed E-state index contributed by atoms with van der Waals surface area (Å²) in [4.78, 5) is 2.37. The second-order valence-electron chi connectivity index (χ2n) is 5.07. The van der Waals surface area contributed by atoms with Crippen LogP contribution in [0.5, 0.6) is 0 Å². The highest BCUT2D eigenvalue weighted by Gasteiger charge is 2.29. The molecule has 0 aromatic rings. The number of nitrogens with zero attached hydrogens (tertiary/aromatic N) is 1. The standard InChI is InChI=1S/C10H21NO/c1-8-5-9(12)7-11(6-8)10(2,3)4/h8-9,12H,5-7H2,1-4H3/t8-,9+/m1/s1. The molecular weight excluding hydrogens is 150 g/mol. The van der Waals surface area contributed by atoms with Gasteiger partial charge in [-0.25, -0.2) is 0 Å². The molecule has 2 nitrogen and oxygen atoms in total. The van der Waals surface area contributed by atoms with Gasteiger partial charge in [0.05, 0.1) is 6.10 Å². The molecule has 1 aliphatic heterocycles. The van der Waals surface area contributed by atoms with Crippen LogP contribution in [0.3, 0.4) is 0 Å². The monoisotopic (exact) mass is 171 g/mol. The van der Waals surface area contributed by atoms with Crippen molar-refractivity contribution in [1.29, 1.82) is 0 Å². The number of β-amino-alcohol motifs (C(OH)–C–C–N with tert-alkyl or cyclic N) is 1. The van der Waals surface area contributed by atoms with E-state index in [2.05, 4.69) is 32.6 Å². The molecule has 0 aromatic carbocycles. The lowest BCUT2D eigenvalue weighted by Crippen LogP contribution is -2.51. The van der Waals surface area contributed by atoms with E-state index < -0.39 is 0 Å². The van der Waals surface area contributed by atoms with Crippen molar-refractivity contribution in [3.63, 3.8) is 0 Å². The molecule has 0 amide bonds. The topological polar surface area (TPSA) is 23.5 Å². The highest BCUT2D eigenvalue weighted by molar-refractivity contribution is 4.84. The Labute approximate surface area is 75.6 Å². The van der Waals surface area contributed by atoms with Crippen LogP contribution in [0.15, 0.2) is 0 Å². The van der Waals surface area contributed by atoms with Crippen LogP contribution in [-0.4, -0.2) is 34.7 Å². The zero-order valence-electron chi connectivity index (χ0n) is 8.67. The molecule has 1 saturated heterocycles. The Morgan fingerprint density at radius 3 is 2.25 bits per heavy atom. The van der Waals surface area contributed by atoms with Gasteiger partial charge >= 0.3 is 0 Å². The molecule has 0 saturated carbocycles. The molecule has 12 heavy (non-hydrogen) atoms. The number of hydrogen-bond donors (Lipinski definition) is 1. The number of rotatable bonds is 0. The number of aliphatic hydroxyl groups excluding tert-OH is 1. The van der Waals surface area contributed by atoms with Gasteiger partial charge in [-0.2, -0.15) is 0 Å². The average molecular weight is 171 g/mol. The Morgan fingerprint density at radius 2 is 1.83 bits per heavy atom. The van der Waals surface area contributed by atoms with E-state index in [4.69, 9.17) is 0 Å². The van der Waals surface area contributed by atoms with E-state index in [-0.39, 0.29) is 11.6 Å². The van der Waals surface area contributed by atoms with Gasteiger partial charge in [0, 0.05) is 18.6 Å². The van der Waals surface area contributed by atoms with Crippen molar-refractivity contribution in [3.05, 3.63) is 0 Å². The summed E-state index contributed by atoms with van der Waals surface area (Å²) in [7, 11) is 0. The quantitative estimate of drug-likeness (QED) is 0.597. The molecule has 0 unspecified atom stereocenters. The van der Waals surface area contributed by atoms with Gasteiger partial charge in [-0.15, -0.1) is 0 Å². The lowest BCUT2D eigenvalue weighted by atomic mass is 9.93. The minimum atomic E-state index is -0.118. The van der Waals surface area contributed by atoms with Crippen molar-refractivity contribution in [2.75, 3.05) is 13.1 Å². The van der Waals surface area contributed by atoms with E-state index >= 15 is 0 Å². The van der Waals surface area contributed by atoms with Gasteiger partial charge in [0.15, 0.2) is 0 Å². The van der Waals surface area contributed by atoms with Crippen molar-refractivity contribution in [2.45, 2.75) is 45.8 Å². The highest BCUT2D eigenvalue weighted by atomic mass is 16.3. The normalized spacial score (nSPS) is 33.8. The minimum absolute atomic E-state index is 0.118. The maximum absolute atomic E-state index is 9.57. The Hall–Kier alpha value is -0.0800. The van der Waals surface area contributed by atoms with E-state index in [0.717, 1.165) is 19.5 Å². The number of hydrogen-bond acceptors (Lipinski definition) is 2. The Bertz CT molecular complexity index is 140. The smallest absolute Gasteiger partial charge is 0.0670 e. The fraction of sp³-hybridized carbons (Fsp3) is 1.00. The summed E-state index contributed by atoms with van der Waals surface area (Å²) in [6.07, 6.45) is 0.847. The van der Waals surface area contributed by atoms with Gasteiger partial charge in [-0.1, -0.05) is 6.92 Å². The number of likely N-dealkylation sites (tertiary alicyclic amines) is 1. The molecule has 1 heterocycles. The summed E-state index contributed by atoms with van der Waals surface area (Å²) in [5.41, 5.74) is 0.204. The van der Waals surface area contributed by atoms with Crippen molar-refractivity contribution in [2.24, 2.45) is 5.92 Å². The van der Waals surface area contributed by atoms with Crippen LogP contribution in [0.4, 0.5) is 0 Å². The second kappa shape index (κ2) is 3.35. The highest BCUT2D eigenvalue weighted by Crippen LogP contribution is 2.23. The molecule has 0 bridgehead atoms. The first-order valence-electron chi connectivity index (χ1n) is 4.82. The van der Waals surface area contributed by atoms with E-state index in [1.54, 1.807) is 0 Å². The lowest BCUT2D eigenvalue weighted by Gasteiger charge is -2.42. The fourth-order valence-corrected chi connectivity index (χ4v) is 1.87. The predicted octanol–water partition coefficient (Wildman–Crippen LogP) is 1.49. The van der Waals surface area contributed by atoms with Crippen molar-refractivity contribution in [3.8, 4) is 0 Å². The molecule has 2 atom stereocenters. The van der Waals surface area contributed by atoms with Gasteiger partial charge < -0.3 is 5.11 Å². The molecule has 1 fully saturated rings. The van der Waals surface area contributed by atoms with Crippen molar-refractivity contribution < 1.29 is 5.11 Å². The molecule has 1 aliphatic rings. The second-order valence-corrected chi connectivity index (χ2v) is 5.07. The molecule has 0 aromatic heterocycles. The van der Waals surface area contributed by atoms with Gasteiger partial charge in [0.25, 0.3) is 0 Å². The molecule has 1 rings (SSSR count). The van der Waals surface area contributed by atoms with Crippen LogP contribution >= 0.6 is 0 Å². The largest absolute Gasteiger partial charge is 0.392 e. The van der Waals surface area contributed by atoms with Crippen LogP contribution < -0.4 is 0 Å². The third-order valence-electron chi connectivity index (χ3n) is 2.59. The van der Waals surface area contributed by atoms with Crippen LogP contribution in [0.25, 0.3) is 0 Å². The third kappa shape index (κ3) is 2.46. The first-order chi connectivity index (χ1) is 5.39. The summed E-state index contributed by atoms with van der Waals surface area (Å²) in [5.74, 6) is 0.632. The minimum Gasteiger partial charge on any atom is -0.392 e. The first kappa shape index (κ1) is 10.0. The zero-order chi connectivity index (χ0) is 9.35. The van der Waals surface area contributed by atoms with E-state index in [0.29, 0.717) is 5.92 Å². The van der Waals surface area contributed by atoms with Crippen LogP contribution in [0.2, 0.25) is 0 Å². The SMILES string of the molecule is C[C@@H]1C[C@H](O)CN(C(C)(C)C)C1. The molecule has 0 spiro atoms. The maximum Gasteiger partial charge on any atom is 0.0670 e. The maximum atomic E-state index is 9.57. The van der Waals surface area contributed by atoms with Gasteiger partial charge in [-0.05, 0) is 33.1 Å². The zero-order valence-corrected chi connectivity index (χ0v) is 8.67. The molecule has 1 N–H and O–H groups in total. The van der Waals surface area contributed by atoms with E-state index in [1.165, 1.54) is 0 Å². The average Bonchev–Trinajstić information content (AvgIpc) is 1.82. The number of piperidine rings is 1. The molecule has 2 heteroatoms. The predicted molar refractivity (Wildman–Crippen MR) is 51.1 cm³/mol. The van der Waals surface area contributed by atoms with Crippen LogP contribution in [0, 0.1) is 5.92 Å². The van der Waals surface area contributed by atoms with Crippen molar-refractivity contribution >= 4 is 0 Å². The number of aliphatic hydroxyl groups is 1. The van der Waals surface area contributed by atoms with Gasteiger partial charge in [0.1, 0.15) is 0 Å². The third-order valence-corrected chi connectivity index (χ3v) is 2.59. The first-order valence-corrected chi connectivity index (χ1v) is 4.82. The van der Waals surface area contributed by atoms with E-state index in [1.807, 2.05) is 0 Å². The Balaban J connectivity index is 2.55. The van der Waals surface area contributed by atoms with E-state index in [9.17, 15) is 5.11 Å². The Morgan fingerprint density at radius 1 is 1.25 bits per heavy atom. The fourth-order valence-electron chi connectivity index (χ4n) is 1.87. The van der Waals surface area contributed by atoms with Crippen LogP contribution in [0.1, 0.15) is 34.1 Å². The Kier molecular flexibility index (Phi) is 2.79. The summed E-state index contributed by atoms with van der Waals surface area (Å²) < 4.78 is 0. The molecule has 72 valence electrons. The summed E-state index contributed by atoms with van der Waals surface area (Å²) in [6.45, 7) is 10.8. The molecular formula is C10H21NO. The summed E-state index contributed by atoms with van der Waals surface area (Å²) in [5, 5.41) is 9.57. The van der Waals surface area contributed by atoms with Gasteiger partial charge in [0.2, 0.25) is 0 Å². The van der Waals surface area contributed by atoms with Crippen molar-refractivity contribution in [1.82, 2.24) is 4.90 Å². The summed E-state index contributed by atoms with van der Waals surface area (Å²) in [6, 6.07) is 0. The van der Waals surface area contributed by atoms with Gasteiger partial charge in [-0.3, -0.25) is 4.90 Å². The lowest BCUT2D eigenvalue weighted by molar-refractivity contribution is -0.000328. The molecule has 0 radical (unpaired) electrons. The molecule has 0 aliphatic carbocycles. The summed E-state index contributed by atoms with van der Waals surface area (Å²) >= 11 is 0. The van der Waals surface area contributed by atoms with Crippen LogP contribution in [-0.2, 0) is 0 Å².